The summed E-state index contributed by atoms with van der Waals surface area (Å²) in [6.07, 6.45) is 14.7. The topological polar surface area (TPSA) is 24.7 Å². The van der Waals surface area contributed by atoms with E-state index in [0.717, 1.165) is 29.9 Å². The maximum atomic E-state index is 4.83. The van der Waals surface area contributed by atoms with E-state index in [9.17, 15) is 0 Å². The van der Waals surface area contributed by atoms with Gasteiger partial charge in [-0.15, -0.1) is 0 Å². The van der Waals surface area contributed by atoms with Crippen molar-refractivity contribution in [3.05, 3.63) is 71.8 Å². The van der Waals surface area contributed by atoms with Gasteiger partial charge >= 0.3 is 0 Å². The Morgan fingerprint density at radius 1 is 0.786 bits per heavy atom. The molecule has 0 aliphatic carbocycles. The summed E-state index contributed by atoms with van der Waals surface area (Å²) in [6, 6.07) is 16.6. The molecule has 0 spiro atoms. The summed E-state index contributed by atoms with van der Waals surface area (Å²) in [7, 11) is 0. The fraction of sp³-hybridized carbons (Fsp3) is 0.280. The first-order valence-corrected chi connectivity index (χ1v) is 9.82. The molecule has 28 heavy (non-hydrogen) atoms. The van der Waals surface area contributed by atoms with Gasteiger partial charge in [-0.3, -0.25) is 9.98 Å². The predicted molar refractivity (Wildman–Crippen MR) is 122 cm³/mol. The van der Waals surface area contributed by atoms with Crippen LogP contribution in [0, 0.1) is 0 Å². The van der Waals surface area contributed by atoms with E-state index < -0.39 is 0 Å². The van der Waals surface area contributed by atoms with Crippen molar-refractivity contribution in [3.63, 3.8) is 0 Å². The average Bonchev–Trinajstić information content (AvgIpc) is 2.69. The second kappa shape index (κ2) is 13.9. The van der Waals surface area contributed by atoms with Crippen molar-refractivity contribution in [2.45, 2.75) is 46.5 Å². The van der Waals surface area contributed by atoms with Gasteiger partial charge in [0, 0.05) is 22.7 Å². The Bertz CT molecular complexity index is 797. The monoisotopic (exact) mass is 416 g/mol. The van der Waals surface area contributed by atoms with Crippen molar-refractivity contribution >= 4 is 35.5 Å². The summed E-state index contributed by atoms with van der Waals surface area (Å²) in [6.45, 7) is 6.27. The molecule has 0 amide bonds. The molecule has 0 N–H and O–H groups in total. The molecule has 3 heteroatoms. The van der Waals surface area contributed by atoms with Gasteiger partial charge in [0.2, 0.25) is 0 Å². The van der Waals surface area contributed by atoms with Gasteiger partial charge in [-0.05, 0) is 62.1 Å². The van der Waals surface area contributed by atoms with E-state index in [1.165, 1.54) is 24.0 Å². The molecular weight excluding hydrogens is 387 g/mol. The van der Waals surface area contributed by atoms with Crippen LogP contribution in [-0.2, 0) is 16.5 Å². The van der Waals surface area contributed by atoms with Crippen LogP contribution < -0.4 is 0 Å². The predicted octanol–water partition coefficient (Wildman–Crippen LogP) is 7.81. The molecule has 0 saturated carbocycles. The number of aliphatic imine (C=N–C) groups is 2. The Labute approximate surface area is 180 Å². The summed E-state index contributed by atoms with van der Waals surface area (Å²) in [5, 5.41) is 0. The third-order valence-corrected chi connectivity index (χ3v) is 4.18. The molecule has 0 unspecified atom stereocenters. The van der Waals surface area contributed by atoms with Gasteiger partial charge in [-0.1, -0.05) is 68.3 Å². The minimum atomic E-state index is 0. The van der Waals surface area contributed by atoms with Crippen molar-refractivity contribution < 1.29 is 16.5 Å². The molecule has 0 aliphatic heterocycles. The normalized spacial score (nSPS) is 12.2. The largest absolute Gasteiger partial charge is 0.255 e. The molecule has 0 fully saturated rings. The van der Waals surface area contributed by atoms with Crippen LogP contribution in [0.25, 0.3) is 12.2 Å². The number of hydrogen-bond acceptors (Lipinski definition) is 2. The van der Waals surface area contributed by atoms with Gasteiger partial charge in [0.05, 0.1) is 17.1 Å². The number of hydrogen-bond donors (Lipinski definition) is 0. The van der Waals surface area contributed by atoms with Crippen LogP contribution >= 0.6 is 0 Å². The van der Waals surface area contributed by atoms with Gasteiger partial charge in [0.25, 0.3) is 0 Å². The van der Waals surface area contributed by atoms with Crippen LogP contribution in [0.5, 0.6) is 0 Å². The van der Waals surface area contributed by atoms with Crippen LogP contribution in [0.2, 0.25) is 0 Å². The number of allylic oxidation sites excluding steroid dienone is 2. The van der Waals surface area contributed by atoms with E-state index >= 15 is 0 Å². The minimum Gasteiger partial charge on any atom is -0.255 e. The Balaban J connectivity index is 0.00000392. The van der Waals surface area contributed by atoms with Gasteiger partial charge in [-0.2, -0.15) is 0 Å². The zero-order valence-corrected chi connectivity index (χ0v) is 18.0. The molecule has 0 saturated heterocycles. The summed E-state index contributed by atoms with van der Waals surface area (Å²) >= 11 is 0. The molecule has 0 radical (unpaired) electrons. The van der Waals surface area contributed by atoms with Crippen molar-refractivity contribution in [2.24, 2.45) is 9.98 Å². The number of nitrogens with zero attached hydrogens (tertiary/aromatic N) is 2. The van der Waals surface area contributed by atoms with Crippen LogP contribution in [0.1, 0.15) is 57.6 Å². The standard InChI is InChI=1S/C25H30N2.Ni/c1-4-7-8-11-25(27-24-18-14-22(10-6-3)15-19-24)20-26-23-16-12-21(9-5-2)13-17-23;/h5-6,9-10,12-20H,4,7-8,11H2,1-3H3;/b9-5-,10-6-,26-20+,27-25+;. The Morgan fingerprint density at radius 3 is 1.82 bits per heavy atom. The maximum Gasteiger partial charge on any atom is 0.0634 e. The summed E-state index contributed by atoms with van der Waals surface area (Å²) in [4.78, 5) is 9.46. The Hall–Kier alpha value is -2.25. The molecular formula is C25H30N2Ni. The van der Waals surface area contributed by atoms with Gasteiger partial charge in [0.15, 0.2) is 0 Å². The van der Waals surface area contributed by atoms with Gasteiger partial charge in [-0.25, -0.2) is 0 Å². The van der Waals surface area contributed by atoms with Gasteiger partial charge in [0.1, 0.15) is 0 Å². The van der Waals surface area contributed by atoms with Crippen LogP contribution in [0.15, 0.2) is 70.7 Å². The summed E-state index contributed by atoms with van der Waals surface area (Å²) < 4.78 is 0. The molecule has 0 aliphatic rings. The third kappa shape index (κ3) is 8.63. The zero-order chi connectivity index (χ0) is 19.3. The van der Waals surface area contributed by atoms with Crippen molar-refractivity contribution in [2.75, 3.05) is 0 Å². The van der Waals surface area contributed by atoms with E-state index in [-0.39, 0.29) is 16.5 Å². The first-order chi connectivity index (χ1) is 13.2. The van der Waals surface area contributed by atoms with Crippen LogP contribution in [0.4, 0.5) is 11.4 Å². The Kier molecular flexibility index (Phi) is 11.8. The van der Waals surface area contributed by atoms with E-state index in [0.29, 0.717) is 0 Å². The van der Waals surface area contributed by atoms with Crippen molar-refractivity contribution in [1.82, 2.24) is 0 Å². The quantitative estimate of drug-likeness (QED) is 0.226. The zero-order valence-electron chi connectivity index (χ0n) is 17.0. The molecule has 2 rings (SSSR count). The fourth-order valence-corrected chi connectivity index (χ4v) is 2.74. The number of benzene rings is 2. The third-order valence-electron chi connectivity index (χ3n) is 4.18. The Morgan fingerprint density at radius 2 is 1.32 bits per heavy atom. The SMILES string of the molecule is C/C=C\c1ccc(/N=C/C(CCCCC)=N/c2ccc(/C=C\C)cc2)cc1.[Ni]. The fourth-order valence-electron chi connectivity index (χ4n) is 2.74. The van der Waals surface area contributed by atoms with Crippen LogP contribution in [0.3, 0.4) is 0 Å². The second-order valence-electron chi connectivity index (χ2n) is 6.50. The van der Waals surface area contributed by atoms with E-state index in [1.807, 2.05) is 44.3 Å². The minimum absolute atomic E-state index is 0. The summed E-state index contributed by atoms with van der Waals surface area (Å²) in [5.41, 5.74) is 5.34. The average molecular weight is 417 g/mol. The van der Waals surface area contributed by atoms with Crippen molar-refractivity contribution in [3.8, 4) is 0 Å². The molecule has 0 bridgehead atoms. The molecule has 0 atom stereocenters. The summed E-state index contributed by atoms with van der Waals surface area (Å²) in [5.74, 6) is 0. The first-order valence-electron chi connectivity index (χ1n) is 9.82. The van der Waals surface area contributed by atoms with Gasteiger partial charge < -0.3 is 0 Å². The van der Waals surface area contributed by atoms with E-state index in [4.69, 9.17) is 4.99 Å². The first kappa shape index (κ1) is 23.8. The second-order valence-corrected chi connectivity index (χ2v) is 6.50. The van der Waals surface area contributed by atoms with E-state index in [2.05, 4.69) is 60.5 Å². The smallest absolute Gasteiger partial charge is 0.0634 e. The molecule has 2 aromatic carbocycles. The van der Waals surface area contributed by atoms with Crippen LogP contribution in [-0.4, -0.2) is 11.9 Å². The number of rotatable bonds is 9. The van der Waals surface area contributed by atoms with E-state index in [1.54, 1.807) is 0 Å². The number of unbranched alkanes of at least 4 members (excludes halogenated alkanes) is 2. The molecule has 150 valence electrons. The molecule has 2 aromatic rings. The maximum absolute atomic E-state index is 4.83. The van der Waals surface area contributed by atoms with Crippen molar-refractivity contribution in [1.29, 1.82) is 0 Å². The molecule has 0 heterocycles. The molecule has 0 aromatic heterocycles. The molecule has 2 nitrogen and oxygen atoms in total.